The summed E-state index contributed by atoms with van der Waals surface area (Å²) in [5.41, 5.74) is 0. The molecule has 2 aliphatic carbocycles. The van der Waals surface area contributed by atoms with Crippen LogP contribution in [0.3, 0.4) is 0 Å². The van der Waals surface area contributed by atoms with Gasteiger partial charge in [-0.2, -0.15) is 0 Å². The van der Waals surface area contributed by atoms with Crippen molar-refractivity contribution in [3.8, 4) is 0 Å². The highest BCUT2D eigenvalue weighted by Gasteiger charge is 2.47. The third kappa shape index (κ3) is 1.11. The summed E-state index contributed by atoms with van der Waals surface area (Å²) in [6.07, 6.45) is 6.10. The summed E-state index contributed by atoms with van der Waals surface area (Å²) < 4.78 is 0. The summed E-state index contributed by atoms with van der Waals surface area (Å²) in [7, 11) is 0. The minimum atomic E-state index is 0.935. The van der Waals surface area contributed by atoms with Crippen molar-refractivity contribution in [2.24, 2.45) is 29.6 Å². The maximum atomic E-state index is 2.42. The van der Waals surface area contributed by atoms with E-state index >= 15 is 0 Å². The molecule has 0 N–H and O–H groups in total. The van der Waals surface area contributed by atoms with Gasteiger partial charge in [0.05, 0.1) is 0 Å². The average molecular weight is 166 g/mol. The van der Waals surface area contributed by atoms with Crippen LogP contribution >= 0.6 is 0 Å². The molecule has 70 valence electrons. The highest BCUT2D eigenvalue weighted by Crippen LogP contribution is 2.55. The Morgan fingerprint density at radius 3 is 2.33 bits per heavy atom. The van der Waals surface area contributed by atoms with Crippen molar-refractivity contribution in [1.29, 1.82) is 0 Å². The van der Waals surface area contributed by atoms with Gasteiger partial charge in [0.1, 0.15) is 0 Å². The first-order valence-electron chi connectivity index (χ1n) is 5.74. The van der Waals surface area contributed by atoms with E-state index in [0.717, 1.165) is 29.6 Å². The Kier molecular flexibility index (Phi) is 2.18. The molecule has 0 heteroatoms. The van der Waals surface area contributed by atoms with Gasteiger partial charge in [-0.25, -0.2) is 0 Å². The third-order valence-corrected chi connectivity index (χ3v) is 4.40. The van der Waals surface area contributed by atoms with Crippen LogP contribution in [0.25, 0.3) is 0 Å². The molecule has 0 aromatic carbocycles. The molecular weight excluding hydrogens is 144 g/mol. The van der Waals surface area contributed by atoms with Gasteiger partial charge < -0.3 is 0 Å². The van der Waals surface area contributed by atoms with E-state index in [4.69, 9.17) is 0 Å². The van der Waals surface area contributed by atoms with Crippen LogP contribution in [-0.2, 0) is 0 Å². The molecule has 12 heavy (non-hydrogen) atoms. The first-order valence-corrected chi connectivity index (χ1v) is 5.74. The second-order valence-corrected chi connectivity index (χ2v) is 5.23. The van der Waals surface area contributed by atoms with Crippen LogP contribution in [0.2, 0.25) is 0 Å². The normalized spacial score (nSPS) is 46.0. The van der Waals surface area contributed by atoms with Crippen molar-refractivity contribution in [3.05, 3.63) is 0 Å². The number of rotatable bonds is 2. The summed E-state index contributed by atoms with van der Waals surface area (Å²) in [6.45, 7) is 7.24. The van der Waals surface area contributed by atoms with E-state index in [0.29, 0.717) is 0 Å². The zero-order valence-electron chi connectivity index (χ0n) is 8.72. The number of fused-ring (bicyclic) bond motifs is 2. The lowest BCUT2D eigenvalue weighted by molar-refractivity contribution is 0.162. The van der Waals surface area contributed by atoms with Crippen LogP contribution in [0.15, 0.2) is 0 Å². The fraction of sp³-hybridized carbons (Fsp3) is 1.00. The van der Waals surface area contributed by atoms with Crippen molar-refractivity contribution in [2.45, 2.75) is 46.5 Å². The predicted octanol–water partition coefficient (Wildman–Crippen LogP) is 3.71. The summed E-state index contributed by atoms with van der Waals surface area (Å²) in [6, 6.07) is 0. The minimum absolute atomic E-state index is 0.935. The van der Waals surface area contributed by atoms with Crippen molar-refractivity contribution in [3.63, 3.8) is 0 Å². The van der Waals surface area contributed by atoms with Crippen molar-refractivity contribution in [1.82, 2.24) is 0 Å². The van der Waals surface area contributed by atoms with Crippen LogP contribution in [0.1, 0.15) is 46.5 Å². The topological polar surface area (TPSA) is 0 Å². The summed E-state index contributed by atoms with van der Waals surface area (Å²) in [5.74, 6) is 5.33. The van der Waals surface area contributed by atoms with Gasteiger partial charge in [-0.05, 0) is 48.9 Å². The van der Waals surface area contributed by atoms with Crippen molar-refractivity contribution >= 4 is 0 Å². The Morgan fingerprint density at radius 1 is 1.17 bits per heavy atom. The number of hydrogen-bond acceptors (Lipinski definition) is 0. The third-order valence-electron chi connectivity index (χ3n) is 4.40. The van der Waals surface area contributed by atoms with Gasteiger partial charge in [0.25, 0.3) is 0 Å². The van der Waals surface area contributed by atoms with Gasteiger partial charge in [0.15, 0.2) is 0 Å². The molecule has 2 aliphatic rings. The standard InChI is InChI=1S/C12H22/c1-4-11-9-5-6-10(7-9)12(11)8(2)3/h8-12H,4-7H2,1-3H3. The SMILES string of the molecule is CCC1C2CCC(C2)C1C(C)C. The largest absolute Gasteiger partial charge is 0.0651 e. The number of hydrogen-bond donors (Lipinski definition) is 0. The highest BCUT2D eigenvalue weighted by molar-refractivity contribution is 4.96. The quantitative estimate of drug-likeness (QED) is 0.586. The summed E-state index contributed by atoms with van der Waals surface area (Å²) in [4.78, 5) is 0. The molecule has 0 aliphatic heterocycles. The molecular formula is C12H22. The maximum Gasteiger partial charge on any atom is -0.0332 e. The lowest BCUT2D eigenvalue weighted by Gasteiger charge is -2.33. The smallest absolute Gasteiger partial charge is 0.0332 e. The van der Waals surface area contributed by atoms with Gasteiger partial charge in [-0.15, -0.1) is 0 Å². The molecule has 4 atom stereocenters. The summed E-state index contributed by atoms with van der Waals surface area (Å²) >= 11 is 0. The minimum Gasteiger partial charge on any atom is -0.0651 e. The van der Waals surface area contributed by atoms with Crippen LogP contribution in [0, 0.1) is 29.6 Å². The van der Waals surface area contributed by atoms with Crippen molar-refractivity contribution < 1.29 is 0 Å². The Morgan fingerprint density at radius 2 is 1.83 bits per heavy atom. The first-order chi connectivity index (χ1) is 5.74. The molecule has 2 bridgehead atoms. The van der Waals surface area contributed by atoms with Crippen LogP contribution in [0.4, 0.5) is 0 Å². The van der Waals surface area contributed by atoms with Gasteiger partial charge in [0, 0.05) is 0 Å². The average Bonchev–Trinajstić information content (AvgIpc) is 2.60. The van der Waals surface area contributed by atoms with Crippen molar-refractivity contribution in [2.75, 3.05) is 0 Å². The van der Waals surface area contributed by atoms with E-state index in [-0.39, 0.29) is 0 Å². The molecule has 0 saturated heterocycles. The summed E-state index contributed by atoms with van der Waals surface area (Å²) in [5, 5.41) is 0. The Labute approximate surface area is 76.7 Å². The zero-order chi connectivity index (χ0) is 8.72. The molecule has 2 rings (SSSR count). The molecule has 0 heterocycles. The molecule has 0 radical (unpaired) electrons. The monoisotopic (exact) mass is 166 g/mol. The van der Waals surface area contributed by atoms with Gasteiger partial charge in [-0.3, -0.25) is 0 Å². The maximum absolute atomic E-state index is 2.42. The molecule has 4 unspecified atom stereocenters. The molecule has 0 nitrogen and oxygen atoms in total. The molecule has 0 amide bonds. The molecule has 2 fully saturated rings. The molecule has 0 aromatic rings. The van der Waals surface area contributed by atoms with E-state index < -0.39 is 0 Å². The zero-order valence-corrected chi connectivity index (χ0v) is 8.72. The Bertz CT molecular complexity index is 159. The van der Waals surface area contributed by atoms with E-state index in [2.05, 4.69) is 20.8 Å². The second kappa shape index (κ2) is 3.05. The van der Waals surface area contributed by atoms with E-state index in [1.165, 1.54) is 6.42 Å². The first kappa shape index (κ1) is 8.59. The van der Waals surface area contributed by atoms with Gasteiger partial charge in [0.2, 0.25) is 0 Å². The second-order valence-electron chi connectivity index (χ2n) is 5.23. The van der Waals surface area contributed by atoms with Gasteiger partial charge in [-0.1, -0.05) is 27.2 Å². The van der Waals surface area contributed by atoms with Crippen LogP contribution in [0.5, 0.6) is 0 Å². The lowest BCUT2D eigenvalue weighted by Crippen LogP contribution is -2.26. The van der Waals surface area contributed by atoms with Gasteiger partial charge >= 0.3 is 0 Å². The highest BCUT2D eigenvalue weighted by atomic mass is 14.5. The molecule has 0 spiro atoms. The fourth-order valence-electron chi connectivity index (χ4n) is 4.10. The molecule has 0 aromatic heterocycles. The predicted molar refractivity (Wildman–Crippen MR) is 52.9 cm³/mol. The van der Waals surface area contributed by atoms with E-state index in [1.807, 2.05) is 0 Å². The fourth-order valence-corrected chi connectivity index (χ4v) is 4.10. The van der Waals surface area contributed by atoms with Crippen LogP contribution < -0.4 is 0 Å². The van der Waals surface area contributed by atoms with Crippen LogP contribution in [-0.4, -0.2) is 0 Å². The lowest BCUT2D eigenvalue weighted by atomic mass is 9.72. The van der Waals surface area contributed by atoms with E-state index in [1.54, 1.807) is 19.3 Å². The Balaban J connectivity index is 2.11. The Hall–Kier alpha value is 0. The molecule has 2 saturated carbocycles. The van der Waals surface area contributed by atoms with E-state index in [9.17, 15) is 0 Å².